The summed E-state index contributed by atoms with van der Waals surface area (Å²) in [5, 5.41) is 0.263. The van der Waals surface area contributed by atoms with Crippen LogP contribution in [0.2, 0.25) is 10.0 Å². The molecule has 0 aliphatic carbocycles. The Labute approximate surface area is 116 Å². The molecular weight excluding hydrogens is 299 g/mol. The van der Waals surface area contributed by atoms with Gasteiger partial charge in [-0.1, -0.05) is 23.2 Å². The lowest BCUT2D eigenvalue weighted by Gasteiger charge is -2.13. The van der Waals surface area contributed by atoms with Crippen molar-refractivity contribution in [1.82, 2.24) is 4.72 Å². The van der Waals surface area contributed by atoms with Crippen molar-refractivity contribution in [1.29, 1.82) is 0 Å². The molecule has 0 aromatic heterocycles. The zero-order chi connectivity index (χ0) is 13.9. The second kappa shape index (κ2) is 6.08. The van der Waals surface area contributed by atoms with Crippen molar-refractivity contribution >= 4 is 38.9 Å². The van der Waals surface area contributed by atoms with E-state index in [4.69, 9.17) is 33.7 Å². The van der Waals surface area contributed by atoms with Crippen LogP contribution < -0.4 is 10.5 Å². The Morgan fingerprint density at radius 1 is 1.44 bits per heavy atom. The maximum atomic E-state index is 12.0. The fraction of sp³-hybridized carbons (Fsp3) is 0.400. The van der Waals surface area contributed by atoms with E-state index in [-0.39, 0.29) is 33.3 Å². The highest BCUT2D eigenvalue weighted by Gasteiger charge is 2.22. The first kappa shape index (κ1) is 15.5. The van der Waals surface area contributed by atoms with E-state index in [1.807, 2.05) is 0 Å². The summed E-state index contributed by atoms with van der Waals surface area (Å²) in [4.78, 5) is -0.170. The van der Waals surface area contributed by atoms with Crippen LogP contribution in [-0.2, 0) is 14.8 Å². The van der Waals surface area contributed by atoms with Gasteiger partial charge in [-0.05, 0) is 19.1 Å². The van der Waals surface area contributed by atoms with Gasteiger partial charge >= 0.3 is 0 Å². The predicted molar refractivity (Wildman–Crippen MR) is 72.5 cm³/mol. The molecule has 1 atom stereocenters. The second-order valence-electron chi connectivity index (χ2n) is 3.70. The molecule has 102 valence electrons. The average Bonchev–Trinajstić information content (AvgIpc) is 2.24. The number of methoxy groups -OCH3 is 1. The molecule has 0 radical (unpaired) electrons. The first-order valence-corrected chi connectivity index (χ1v) is 7.29. The molecule has 1 unspecified atom stereocenters. The SMILES string of the molecule is COC(C)CNS(=O)(=O)c1c(N)cc(Cl)cc1Cl. The number of benzene rings is 1. The van der Waals surface area contributed by atoms with Crippen LogP contribution in [0.15, 0.2) is 17.0 Å². The van der Waals surface area contributed by atoms with Crippen molar-refractivity contribution in [3.05, 3.63) is 22.2 Å². The van der Waals surface area contributed by atoms with Gasteiger partial charge in [0, 0.05) is 18.7 Å². The molecule has 3 N–H and O–H groups in total. The van der Waals surface area contributed by atoms with Gasteiger partial charge in [0.15, 0.2) is 0 Å². The lowest BCUT2D eigenvalue weighted by molar-refractivity contribution is 0.122. The standard InChI is InChI=1S/C10H14Cl2N2O3S/c1-6(17-2)5-14-18(15,16)10-8(12)3-7(11)4-9(10)13/h3-4,6,14H,5,13H2,1-2H3. The third-order valence-corrected chi connectivity index (χ3v) is 4.44. The molecule has 0 amide bonds. The van der Waals surface area contributed by atoms with Gasteiger partial charge in [0.05, 0.1) is 16.8 Å². The van der Waals surface area contributed by atoms with Crippen molar-refractivity contribution in [3.8, 4) is 0 Å². The minimum Gasteiger partial charge on any atom is -0.398 e. The van der Waals surface area contributed by atoms with Gasteiger partial charge in [0.2, 0.25) is 10.0 Å². The largest absolute Gasteiger partial charge is 0.398 e. The smallest absolute Gasteiger partial charge is 0.244 e. The molecule has 0 heterocycles. The molecule has 0 spiro atoms. The summed E-state index contributed by atoms with van der Waals surface area (Å²) in [6, 6.07) is 2.66. The van der Waals surface area contributed by atoms with Crippen LogP contribution in [0.25, 0.3) is 0 Å². The van der Waals surface area contributed by atoms with Gasteiger partial charge in [-0.25, -0.2) is 13.1 Å². The number of anilines is 1. The number of hydrogen-bond acceptors (Lipinski definition) is 4. The van der Waals surface area contributed by atoms with Crippen LogP contribution in [-0.4, -0.2) is 28.2 Å². The van der Waals surface area contributed by atoms with Crippen molar-refractivity contribution in [2.45, 2.75) is 17.9 Å². The summed E-state index contributed by atoms with van der Waals surface area (Å²) in [5.41, 5.74) is 5.63. The van der Waals surface area contributed by atoms with Gasteiger partial charge in [0.1, 0.15) is 4.90 Å². The van der Waals surface area contributed by atoms with Crippen LogP contribution in [0.3, 0.4) is 0 Å². The summed E-state index contributed by atoms with van der Waals surface area (Å²) in [5.74, 6) is 0. The lowest BCUT2D eigenvalue weighted by atomic mass is 10.3. The molecule has 18 heavy (non-hydrogen) atoms. The molecule has 5 nitrogen and oxygen atoms in total. The highest BCUT2D eigenvalue weighted by molar-refractivity contribution is 7.89. The number of nitrogens with two attached hydrogens (primary N) is 1. The summed E-state index contributed by atoms with van der Waals surface area (Å²) < 4.78 is 31.4. The molecule has 0 bridgehead atoms. The van der Waals surface area contributed by atoms with E-state index >= 15 is 0 Å². The molecule has 0 saturated heterocycles. The van der Waals surface area contributed by atoms with Gasteiger partial charge in [-0.2, -0.15) is 0 Å². The zero-order valence-electron chi connectivity index (χ0n) is 9.91. The molecule has 0 aliphatic rings. The van der Waals surface area contributed by atoms with Crippen LogP contribution in [0, 0.1) is 0 Å². The predicted octanol–water partition coefficient (Wildman–Crippen LogP) is 1.89. The van der Waals surface area contributed by atoms with Crippen LogP contribution in [0.1, 0.15) is 6.92 Å². The van der Waals surface area contributed by atoms with Crippen molar-refractivity contribution in [3.63, 3.8) is 0 Å². The maximum Gasteiger partial charge on any atom is 0.244 e. The third-order valence-electron chi connectivity index (χ3n) is 2.27. The van der Waals surface area contributed by atoms with Crippen LogP contribution >= 0.6 is 23.2 Å². The van der Waals surface area contributed by atoms with Gasteiger partial charge < -0.3 is 10.5 Å². The van der Waals surface area contributed by atoms with Gasteiger partial charge in [0.25, 0.3) is 0 Å². The number of hydrogen-bond donors (Lipinski definition) is 2. The lowest BCUT2D eigenvalue weighted by Crippen LogP contribution is -2.32. The van der Waals surface area contributed by atoms with Crippen LogP contribution in [0.5, 0.6) is 0 Å². The molecule has 1 aromatic rings. The zero-order valence-corrected chi connectivity index (χ0v) is 12.2. The van der Waals surface area contributed by atoms with Crippen LogP contribution in [0.4, 0.5) is 5.69 Å². The Morgan fingerprint density at radius 2 is 2.06 bits per heavy atom. The molecule has 1 rings (SSSR count). The molecular formula is C10H14Cl2N2O3S. The minimum atomic E-state index is -3.79. The third kappa shape index (κ3) is 3.73. The summed E-state index contributed by atoms with van der Waals surface area (Å²) in [7, 11) is -2.30. The average molecular weight is 313 g/mol. The summed E-state index contributed by atoms with van der Waals surface area (Å²) in [6.45, 7) is 1.85. The van der Waals surface area contributed by atoms with E-state index in [9.17, 15) is 8.42 Å². The monoisotopic (exact) mass is 312 g/mol. The fourth-order valence-corrected chi connectivity index (χ4v) is 3.34. The van der Waals surface area contributed by atoms with E-state index in [0.29, 0.717) is 0 Å². The molecule has 0 aliphatic heterocycles. The highest BCUT2D eigenvalue weighted by Crippen LogP contribution is 2.30. The fourth-order valence-electron chi connectivity index (χ4n) is 1.25. The minimum absolute atomic E-state index is 0.00469. The maximum absolute atomic E-state index is 12.0. The van der Waals surface area contributed by atoms with Crippen molar-refractivity contribution in [2.75, 3.05) is 19.4 Å². The molecule has 0 saturated carbocycles. The van der Waals surface area contributed by atoms with Crippen molar-refractivity contribution in [2.24, 2.45) is 0 Å². The number of ether oxygens (including phenoxy) is 1. The van der Waals surface area contributed by atoms with Gasteiger partial charge in [-0.3, -0.25) is 0 Å². The Bertz CT molecular complexity index is 511. The van der Waals surface area contributed by atoms with E-state index in [0.717, 1.165) is 0 Å². The van der Waals surface area contributed by atoms with E-state index in [1.165, 1.54) is 19.2 Å². The number of nitrogens with one attached hydrogen (secondary N) is 1. The number of halogens is 2. The Hall–Kier alpha value is -0.530. The topological polar surface area (TPSA) is 81.4 Å². The Balaban J connectivity index is 3.06. The molecule has 8 heteroatoms. The summed E-state index contributed by atoms with van der Waals surface area (Å²) in [6.07, 6.45) is -0.257. The number of rotatable bonds is 5. The van der Waals surface area contributed by atoms with E-state index in [2.05, 4.69) is 4.72 Å². The van der Waals surface area contributed by atoms with Gasteiger partial charge in [-0.15, -0.1) is 0 Å². The molecule has 0 fully saturated rings. The number of sulfonamides is 1. The van der Waals surface area contributed by atoms with E-state index in [1.54, 1.807) is 6.92 Å². The van der Waals surface area contributed by atoms with Crippen molar-refractivity contribution < 1.29 is 13.2 Å². The summed E-state index contributed by atoms with van der Waals surface area (Å²) >= 11 is 11.6. The number of nitrogen functional groups attached to an aromatic ring is 1. The first-order valence-electron chi connectivity index (χ1n) is 5.05. The quantitative estimate of drug-likeness (QED) is 0.813. The Kier molecular flexibility index (Phi) is 5.24. The normalized spacial score (nSPS) is 13.6. The van der Waals surface area contributed by atoms with E-state index < -0.39 is 10.0 Å². The second-order valence-corrected chi connectivity index (χ2v) is 6.25. The Morgan fingerprint density at radius 3 is 2.56 bits per heavy atom. The molecule has 1 aromatic carbocycles. The highest BCUT2D eigenvalue weighted by atomic mass is 35.5. The first-order chi connectivity index (χ1) is 8.27.